The molecule has 0 spiro atoms. The summed E-state index contributed by atoms with van der Waals surface area (Å²) in [6.45, 7) is 1.45. The van der Waals surface area contributed by atoms with Crippen LogP contribution in [-0.2, 0) is 14.3 Å². The number of hydrogen-bond donors (Lipinski definition) is 2. The van der Waals surface area contributed by atoms with Gasteiger partial charge in [-0.05, 0) is 19.8 Å². The first kappa shape index (κ1) is 13.0. The van der Waals surface area contributed by atoms with Gasteiger partial charge in [0.1, 0.15) is 11.6 Å². The largest absolute Gasteiger partial charge is 0.480 e. The van der Waals surface area contributed by atoms with E-state index in [1.54, 1.807) is 0 Å². The second-order valence-corrected chi connectivity index (χ2v) is 4.29. The summed E-state index contributed by atoms with van der Waals surface area (Å²) in [6.07, 6.45) is 4.33. The summed E-state index contributed by atoms with van der Waals surface area (Å²) in [7, 11) is 1.51. The lowest BCUT2D eigenvalue weighted by atomic mass is 9.83. The Hall–Kier alpha value is -1.10. The van der Waals surface area contributed by atoms with Gasteiger partial charge in [-0.15, -0.1) is 0 Å². The van der Waals surface area contributed by atoms with Crippen LogP contribution in [0.2, 0.25) is 0 Å². The van der Waals surface area contributed by atoms with Crippen LogP contribution in [0.1, 0.15) is 39.0 Å². The molecule has 0 aliphatic heterocycles. The van der Waals surface area contributed by atoms with E-state index in [1.807, 2.05) is 0 Å². The Morgan fingerprint density at radius 2 is 1.88 bits per heavy atom. The second-order valence-electron chi connectivity index (χ2n) is 4.29. The average Bonchev–Trinajstić information content (AvgIpc) is 2.29. The molecule has 0 aromatic rings. The number of carbonyl (C=O) groups is 2. The highest BCUT2D eigenvalue weighted by molar-refractivity contribution is 5.89. The molecule has 5 nitrogen and oxygen atoms in total. The molecule has 2 N–H and O–H groups in total. The Labute approximate surface area is 95.2 Å². The van der Waals surface area contributed by atoms with Gasteiger partial charge in [0, 0.05) is 7.11 Å². The molecule has 0 radical (unpaired) electrons. The fraction of sp³-hybridized carbons (Fsp3) is 0.818. The van der Waals surface area contributed by atoms with Crippen molar-refractivity contribution in [3.05, 3.63) is 0 Å². The normalized spacial score (nSPS) is 21.1. The number of nitrogens with one attached hydrogen (secondary N) is 1. The third-order valence-electron chi connectivity index (χ3n) is 3.18. The van der Waals surface area contributed by atoms with Crippen LogP contribution in [0, 0.1) is 0 Å². The molecule has 0 aromatic heterocycles. The first-order chi connectivity index (χ1) is 7.52. The van der Waals surface area contributed by atoms with Gasteiger partial charge in [0.15, 0.2) is 0 Å². The number of rotatable bonds is 4. The molecule has 1 aliphatic rings. The third kappa shape index (κ3) is 2.72. The summed E-state index contributed by atoms with van der Waals surface area (Å²) in [5.41, 5.74) is -0.817. The number of methoxy groups -OCH3 is 1. The predicted octanol–water partition coefficient (Wildman–Crippen LogP) is 0.925. The first-order valence-electron chi connectivity index (χ1n) is 5.61. The standard InChI is InChI=1S/C11H19NO4/c1-8(9(13)14)12-10(15)11(16-2)6-4-3-5-7-11/h8H,3-7H2,1-2H3,(H,12,15)(H,13,14). The highest BCUT2D eigenvalue weighted by Crippen LogP contribution is 2.31. The minimum Gasteiger partial charge on any atom is -0.480 e. The van der Waals surface area contributed by atoms with Crippen molar-refractivity contribution in [1.82, 2.24) is 5.32 Å². The molecule has 1 saturated carbocycles. The molecule has 0 aromatic carbocycles. The van der Waals surface area contributed by atoms with Crippen molar-refractivity contribution < 1.29 is 19.4 Å². The maximum absolute atomic E-state index is 12.0. The summed E-state index contributed by atoms with van der Waals surface area (Å²) >= 11 is 0. The monoisotopic (exact) mass is 229 g/mol. The Morgan fingerprint density at radius 3 is 2.31 bits per heavy atom. The Bertz CT molecular complexity index is 271. The molecule has 16 heavy (non-hydrogen) atoms. The molecule has 1 atom stereocenters. The molecule has 0 heterocycles. The molecule has 1 rings (SSSR count). The van der Waals surface area contributed by atoms with Gasteiger partial charge in [0.2, 0.25) is 0 Å². The number of aliphatic carboxylic acids is 1. The van der Waals surface area contributed by atoms with E-state index >= 15 is 0 Å². The zero-order valence-electron chi connectivity index (χ0n) is 9.78. The van der Waals surface area contributed by atoms with Crippen LogP contribution in [0.5, 0.6) is 0 Å². The number of carbonyl (C=O) groups excluding carboxylic acids is 1. The summed E-state index contributed by atoms with van der Waals surface area (Å²) in [6, 6.07) is -0.874. The van der Waals surface area contributed by atoms with E-state index in [9.17, 15) is 9.59 Å². The van der Waals surface area contributed by atoms with E-state index in [4.69, 9.17) is 9.84 Å². The van der Waals surface area contributed by atoms with Crippen molar-refractivity contribution >= 4 is 11.9 Å². The highest BCUT2D eigenvalue weighted by atomic mass is 16.5. The number of carboxylic acids is 1. The van der Waals surface area contributed by atoms with E-state index < -0.39 is 17.6 Å². The van der Waals surface area contributed by atoms with Gasteiger partial charge < -0.3 is 15.2 Å². The van der Waals surface area contributed by atoms with Gasteiger partial charge in [-0.25, -0.2) is 0 Å². The highest BCUT2D eigenvalue weighted by Gasteiger charge is 2.40. The molecule has 5 heteroatoms. The molecule has 1 aliphatic carbocycles. The van der Waals surface area contributed by atoms with Crippen LogP contribution in [0.15, 0.2) is 0 Å². The minimum absolute atomic E-state index is 0.301. The van der Waals surface area contributed by atoms with Gasteiger partial charge in [0.05, 0.1) is 0 Å². The Balaban J connectivity index is 2.65. The van der Waals surface area contributed by atoms with E-state index in [-0.39, 0.29) is 5.91 Å². The number of amides is 1. The topological polar surface area (TPSA) is 75.6 Å². The van der Waals surface area contributed by atoms with Crippen LogP contribution in [0.25, 0.3) is 0 Å². The molecule has 1 unspecified atom stereocenters. The summed E-state index contributed by atoms with van der Waals surface area (Å²) in [5.74, 6) is -1.33. The van der Waals surface area contributed by atoms with Crippen LogP contribution in [0.4, 0.5) is 0 Å². The molecule has 1 amide bonds. The fourth-order valence-corrected chi connectivity index (χ4v) is 2.04. The molecular weight excluding hydrogens is 210 g/mol. The molecule has 92 valence electrons. The van der Waals surface area contributed by atoms with Crippen molar-refractivity contribution in [2.45, 2.75) is 50.7 Å². The zero-order chi connectivity index (χ0) is 12.2. The Morgan fingerprint density at radius 1 is 1.31 bits per heavy atom. The van der Waals surface area contributed by atoms with Crippen LogP contribution in [0.3, 0.4) is 0 Å². The van der Waals surface area contributed by atoms with Crippen LogP contribution < -0.4 is 5.32 Å². The van der Waals surface area contributed by atoms with E-state index in [1.165, 1.54) is 14.0 Å². The smallest absolute Gasteiger partial charge is 0.325 e. The molecule has 0 bridgehead atoms. The van der Waals surface area contributed by atoms with Crippen molar-refractivity contribution in [2.75, 3.05) is 7.11 Å². The quantitative estimate of drug-likeness (QED) is 0.751. The number of ether oxygens (including phenoxy) is 1. The van der Waals surface area contributed by atoms with Gasteiger partial charge in [-0.1, -0.05) is 19.3 Å². The SMILES string of the molecule is COC1(C(=O)NC(C)C(=O)O)CCCCC1. The lowest BCUT2D eigenvalue weighted by Crippen LogP contribution is -2.53. The van der Waals surface area contributed by atoms with Gasteiger partial charge in [-0.3, -0.25) is 9.59 Å². The number of carboxylic acid groups (broad SMARTS) is 1. The summed E-state index contributed by atoms with van der Waals surface area (Å²) < 4.78 is 5.32. The van der Waals surface area contributed by atoms with Crippen molar-refractivity contribution in [1.29, 1.82) is 0 Å². The van der Waals surface area contributed by atoms with Crippen molar-refractivity contribution in [3.8, 4) is 0 Å². The molecular formula is C11H19NO4. The minimum atomic E-state index is -1.03. The van der Waals surface area contributed by atoms with Crippen LogP contribution >= 0.6 is 0 Å². The van der Waals surface area contributed by atoms with Crippen LogP contribution in [-0.4, -0.2) is 35.7 Å². The van der Waals surface area contributed by atoms with Gasteiger partial charge in [0.25, 0.3) is 5.91 Å². The lowest BCUT2D eigenvalue weighted by Gasteiger charge is -2.34. The first-order valence-corrected chi connectivity index (χ1v) is 5.61. The zero-order valence-corrected chi connectivity index (χ0v) is 9.78. The third-order valence-corrected chi connectivity index (χ3v) is 3.18. The summed E-state index contributed by atoms with van der Waals surface area (Å²) in [5, 5.41) is 11.2. The van der Waals surface area contributed by atoms with Gasteiger partial charge in [-0.2, -0.15) is 0 Å². The Kier molecular flexibility index (Phi) is 4.29. The maximum Gasteiger partial charge on any atom is 0.325 e. The van der Waals surface area contributed by atoms with Crippen molar-refractivity contribution in [2.24, 2.45) is 0 Å². The van der Waals surface area contributed by atoms with Crippen molar-refractivity contribution in [3.63, 3.8) is 0 Å². The van der Waals surface area contributed by atoms with E-state index in [0.717, 1.165) is 19.3 Å². The predicted molar refractivity (Wildman–Crippen MR) is 58.1 cm³/mol. The van der Waals surface area contributed by atoms with E-state index in [0.29, 0.717) is 12.8 Å². The molecule has 1 fully saturated rings. The lowest BCUT2D eigenvalue weighted by molar-refractivity contribution is -0.152. The average molecular weight is 229 g/mol. The maximum atomic E-state index is 12.0. The van der Waals surface area contributed by atoms with E-state index in [2.05, 4.69) is 5.32 Å². The fourth-order valence-electron chi connectivity index (χ4n) is 2.04. The number of hydrogen-bond acceptors (Lipinski definition) is 3. The van der Waals surface area contributed by atoms with Gasteiger partial charge >= 0.3 is 5.97 Å². The second kappa shape index (κ2) is 5.30. The molecule has 0 saturated heterocycles. The summed E-state index contributed by atoms with van der Waals surface area (Å²) in [4.78, 5) is 22.6.